The SMILES string of the molecule is C[C@H](O)c1ccc(F)cc1OCc1nnc2n1CCCC2. The molecular formula is C15H18FN3O2. The van der Waals surface area contributed by atoms with Crippen molar-refractivity contribution in [2.75, 3.05) is 0 Å². The Balaban J connectivity index is 1.79. The number of nitrogens with zero attached hydrogens (tertiary/aromatic N) is 3. The normalized spacial score (nSPS) is 15.6. The molecule has 1 aliphatic rings. The molecule has 1 aromatic heterocycles. The summed E-state index contributed by atoms with van der Waals surface area (Å²) >= 11 is 0. The summed E-state index contributed by atoms with van der Waals surface area (Å²) in [6, 6.07) is 4.14. The molecular weight excluding hydrogens is 273 g/mol. The zero-order valence-corrected chi connectivity index (χ0v) is 11.9. The van der Waals surface area contributed by atoms with Crippen molar-refractivity contribution in [2.45, 2.75) is 45.4 Å². The minimum atomic E-state index is -0.715. The molecule has 21 heavy (non-hydrogen) atoms. The monoisotopic (exact) mass is 291 g/mol. The maximum absolute atomic E-state index is 13.4. The van der Waals surface area contributed by atoms with Gasteiger partial charge in [-0.05, 0) is 31.9 Å². The molecule has 0 fully saturated rings. The van der Waals surface area contributed by atoms with Gasteiger partial charge in [0.2, 0.25) is 0 Å². The van der Waals surface area contributed by atoms with E-state index in [2.05, 4.69) is 14.8 Å². The van der Waals surface area contributed by atoms with Crippen LogP contribution in [-0.4, -0.2) is 19.9 Å². The second-order valence-electron chi connectivity index (χ2n) is 5.29. The highest BCUT2D eigenvalue weighted by Crippen LogP contribution is 2.27. The Hall–Kier alpha value is -1.95. The van der Waals surface area contributed by atoms with Crippen LogP contribution in [0.1, 0.15) is 43.1 Å². The summed E-state index contributed by atoms with van der Waals surface area (Å²) in [5, 5.41) is 18.0. The summed E-state index contributed by atoms with van der Waals surface area (Å²) in [5.74, 6) is 1.68. The fourth-order valence-electron chi connectivity index (χ4n) is 2.60. The zero-order valence-electron chi connectivity index (χ0n) is 11.9. The van der Waals surface area contributed by atoms with Crippen molar-refractivity contribution in [3.63, 3.8) is 0 Å². The first kappa shape index (κ1) is 14.0. The molecule has 3 rings (SSSR count). The van der Waals surface area contributed by atoms with Crippen LogP contribution in [0.4, 0.5) is 4.39 Å². The molecule has 2 heterocycles. The number of benzene rings is 1. The number of ether oxygens (including phenoxy) is 1. The lowest BCUT2D eigenvalue weighted by Gasteiger charge is -2.16. The van der Waals surface area contributed by atoms with Crippen LogP contribution in [0, 0.1) is 5.82 Å². The van der Waals surface area contributed by atoms with Gasteiger partial charge in [-0.2, -0.15) is 0 Å². The highest BCUT2D eigenvalue weighted by Gasteiger charge is 2.17. The first-order valence-corrected chi connectivity index (χ1v) is 7.16. The van der Waals surface area contributed by atoms with Crippen LogP contribution in [0.25, 0.3) is 0 Å². The van der Waals surface area contributed by atoms with Gasteiger partial charge in [-0.15, -0.1) is 10.2 Å². The number of hydrogen-bond acceptors (Lipinski definition) is 4. The maximum atomic E-state index is 13.4. The number of halogens is 1. The van der Waals surface area contributed by atoms with Crippen molar-refractivity contribution in [1.29, 1.82) is 0 Å². The van der Waals surface area contributed by atoms with Crippen LogP contribution in [0.2, 0.25) is 0 Å². The topological polar surface area (TPSA) is 60.2 Å². The summed E-state index contributed by atoms with van der Waals surface area (Å²) < 4.78 is 21.1. The fourth-order valence-corrected chi connectivity index (χ4v) is 2.60. The van der Waals surface area contributed by atoms with E-state index in [1.165, 1.54) is 18.2 Å². The first-order valence-electron chi connectivity index (χ1n) is 7.16. The minimum Gasteiger partial charge on any atom is -0.485 e. The molecule has 1 aliphatic heterocycles. The van der Waals surface area contributed by atoms with E-state index >= 15 is 0 Å². The maximum Gasteiger partial charge on any atom is 0.171 e. The highest BCUT2D eigenvalue weighted by atomic mass is 19.1. The molecule has 0 amide bonds. The average Bonchev–Trinajstić information content (AvgIpc) is 2.88. The Morgan fingerprint density at radius 2 is 2.24 bits per heavy atom. The molecule has 2 aromatic rings. The molecule has 1 atom stereocenters. The fraction of sp³-hybridized carbons (Fsp3) is 0.467. The molecule has 0 saturated heterocycles. The minimum absolute atomic E-state index is 0.218. The van der Waals surface area contributed by atoms with E-state index in [0.717, 1.165) is 37.5 Å². The van der Waals surface area contributed by atoms with Gasteiger partial charge in [-0.3, -0.25) is 0 Å². The quantitative estimate of drug-likeness (QED) is 0.939. The molecule has 0 spiro atoms. The highest BCUT2D eigenvalue weighted by molar-refractivity contribution is 5.35. The molecule has 0 bridgehead atoms. The first-order chi connectivity index (χ1) is 10.1. The molecule has 112 valence electrons. The second kappa shape index (κ2) is 5.81. The van der Waals surface area contributed by atoms with E-state index in [9.17, 15) is 9.50 Å². The molecule has 6 heteroatoms. The van der Waals surface area contributed by atoms with Crippen LogP contribution in [0.3, 0.4) is 0 Å². The van der Waals surface area contributed by atoms with Crippen LogP contribution in [-0.2, 0) is 19.6 Å². The van der Waals surface area contributed by atoms with Crippen molar-refractivity contribution in [1.82, 2.24) is 14.8 Å². The number of aliphatic hydroxyl groups is 1. The molecule has 5 nitrogen and oxygen atoms in total. The number of rotatable bonds is 4. The lowest BCUT2D eigenvalue weighted by molar-refractivity contribution is 0.188. The number of aliphatic hydroxyl groups excluding tert-OH is 1. The Kier molecular flexibility index (Phi) is 3.88. The Labute approximate surface area is 122 Å². The van der Waals surface area contributed by atoms with Gasteiger partial charge in [0, 0.05) is 24.6 Å². The Bertz CT molecular complexity index is 640. The van der Waals surface area contributed by atoms with Crippen LogP contribution in [0.15, 0.2) is 18.2 Å². The third kappa shape index (κ3) is 2.90. The van der Waals surface area contributed by atoms with E-state index in [4.69, 9.17) is 4.74 Å². The number of aromatic nitrogens is 3. The summed E-state index contributed by atoms with van der Waals surface area (Å²) in [5.41, 5.74) is 0.565. The zero-order chi connectivity index (χ0) is 14.8. The standard InChI is InChI=1S/C15H18FN3O2/c1-10(20)12-6-5-11(16)8-13(12)21-9-15-18-17-14-4-2-3-7-19(14)15/h5-6,8,10,20H,2-4,7,9H2,1H3/t10-/m0/s1. The molecule has 0 radical (unpaired) electrons. The van der Waals surface area contributed by atoms with Crippen LogP contribution >= 0.6 is 0 Å². The Morgan fingerprint density at radius 3 is 3.05 bits per heavy atom. The lowest BCUT2D eigenvalue weighted by Crippen LogP contribution is -2.14. The largest absolute Gasteiger partial charge is 0.485 e. The predicted octanol–water partition coefficient (Wildman–Crippen LogP) is 2.39. The van der Waals surface area contributed by atoms with Gasteiger partial charge in [0.15, 0.2) is 5.82 Å². The molecule has 0 aliphatic carbocycles. The van der Waals surface area contributed by atoms with Gasteiger partial charge in [-0.25, -0.2) is 4.39 Å². The van der Waals surface area contributed by atoms with E-state index in [1.807, 2.05) is 0 Å². The number of hydrogen-bond donors (Lipinski definition) is 1. The molecule has 1 aromatic carbocycles. The van der Waals surface area contributed by atoms with Crippen molar-refractivity contribution in [3.05, 3.63) is 41.2 Å². The van der Waals surface area contributed by atoms with E-state index in [1.54, 1.807) is 6.92 Å². The van der Waals surface area contributed by atoms with Gasteiger partial charge < -0.3 is 14.4 Å². The summed E-state index contributed by atoms with van der Waals surface area (Å²) in [4.78, 5) is 0. The van der Waals surface area contributed by atoms with E-state index in [0.29, 0.717) is 11.3 Å². The van der Waals surface area contributed by atoms with Gasteiger partial charge in [0.1, 0.15) is 24.0 Å². The van der Waals surface area contributed by atoms with Gasteiger partial charge >= 0.3 is 0 Å². The van der Waals surface area contributed by atoms with Crippen molar-refractivity contribution >= 4 is 0 Å². The van der Waals surface area contributed by atoms with Gasteiger partial charge in [-0.1, -0.05) is 0 Å². The predicted molar refractivity (Wildman–Crippen MR) is 74.3 cm³/mol. The summed E-state index contributed by atoms with van der Waals surface area (Å²) in [6.07, 6.45) is 2.46. The van der Waals surface area contributed by atoms with Crippen molar-refractivity contribution in [2.24, 2.45) is 0 Å². The molecule has 0 saturated carbocycles. The summed E-state index contributed by atoms with van der Waals surface area (Å²) in [7, 11) is 0. The van der Waals surface area contributed by atoms with Gasteiger partial charge in [0.25, 0.3) is 0 Å². The Morgan fingerprint density at radius 1 is 1.38 bits per heavy atom. The third-order valence-electron chi connectivity index (χ3n) is 3.72. The molecule has 0 unspecified atom stereocenters. The van der Waals surface area contributed by atoms with Crippen molar-refractivity contribution in [3.8, 4) is 5.75 Å². The van der Waals surface area contributed by atoms with E-state index in [-0.39, 0.29) is 6.61 Å². The van der Waals surface area contributed by atoms with Crippen LogP contribution in [0.5, 0.6) is 5.75 Å². The third-order valence-corrected chi connectivity index (χ3v) is 3.72. The number of fused-ring (bicyclic) bond motifs is 1. The van der Waals surface area contributed by atoms with E-state index < -0.39 is 11.9 Å². The van der Waals surface area contributed by atoms with Crippen molar-refractivity contribution < 1.29 is 14.2 Å². The molecule has 1 N–H and O–H groups in total. The van der Waals surface area contributed by atoms with Crippen LogP contribution < -0.4 is 4.74 Å². The summed E-state index contributed by atoms with van der Waals surface area (Å²) in [6.45, 7) is 2.74. The average molecular weight is 291 g/mol. The van der Waals surface area contributed by atoms with Gasteiger partial charge in [0.05, 0.1) is 6.10 Å². The smallest absolute Gasteiger partial charge is 0.171 e. The second-order valence-corrected chi connectivity index (χ2v) is 5.29. The lowest BCUT2D eigenvalue weighted by atomic mass is 10.1. The number of aryl methyl sites for hydroxylation is 1.